The predicted octanol–water partition coefficient (Wildman–Crippen LogP) is 15.8. The first-order chi connectivity index (χ1) is 29.8. The van der Waals surface area contributed by atoms with Crippen LogP contribution < -0.4 is 0 Å². The molecule has 0 amide bonds. The molecule has 0 N–H and O–H groups in total. The molecule has 0 radical (unpaired) electrons. The molecule has 2 aromatic heterocycles. The Bertz CT molecular complexity index is 3870. The van der Waals surface area contributed by atoms with E-state index in [2.05, 4.69) is 228 Å². The molecule has 0 saturated carbocycles. The van der Waals surface area contributed by atoms with Crippen molar-refractivity contribution in [2.45, 2.75) is 0 Å². The van der Waals surface area contributed by atoms with Crippen molar-refractivity contribution in [2.75, 3.05) is 0 Å². The standard InChI is InChI=1S/C58H36N2/c1-2-13-42(14-3-1)59-54-20-10-8-18-48(54)51-34-40(27-32-56(51)59)37-22-24-38(25-23-37)41-28-33-57-52(35-41)49-19-9-11-21-55(49)60(57)43-29-31-47-45-16-6-7-17-46(45)50-30-26-39-12-4-5-15-44(39)58(50)53(47)36-43/h1-36H. The SMILES string of the molecule is c1ccc(-n2c3ccccc3c3cc(-c4ccc(-c5ccc6c(c5)c5ccccc5n6-c5ccc6c7ccccc7c7ccc8ccccc8c7c6c5)cc4)ccc32)cc1. The van der Waals surface area contributed by atoms with E-state index in [9.17, 15) is 0 Å². The fraction of sp³-hybridized carbons (Fsp3) is 0. The third-order valence-corrected chi connectivity index (χ3v) is 12.9. The Morgan fingerprint density at radius 1 is 0.217 bits per heavy atom. The largest absolute Gasteiger partial charge is 0.309 e. The molecule has 0 aliphatic heterocycles. The van der Waals surface area contributed by atoms with Crippen molar-refractivity contribution < 1.29 is 0 Å². The molecule has 13 rings (SSSR count). The van der Waals surface area contributed by atoms with Gasteiger partial charge in [-0.15, -0.1) is 0 Å². The van der Waals surface area contributed by atoms with Crippen LogP contribution in [-0.4, -0.2) is 9.13 Å². The van der Waals surface area contributed by atoms with E-state index >= 15 is 0 Å². The van der Waals surface area contributed by atoms with E-state index in [1.54, 1.807) is 0 Å². The second-order valence-corrected chi connectivity index (χ2v) is 16.1. The Hall–Kier alpha value is -7.94. The summed E-state index contributed by atoms with van der Waals surface area (Å²) in [5.74, 6) is 0. The summed E-state index contributed by atoms with van der Waals surface area (Å²) < 4.78 is 4.82. The second-order valence-electron chi connectivity index (χ2n) is 16.1. The molecular formula is C58H36N2. The van der Waals surface area contributed by atoms with Crippen LogP contribution in [0.5, 0.6) is 0 Å². The average molecular weight is 761 g/mol. The highest BCUT2D eigenvalue weighted by molar-refractivity contribution is 6.31. The zero-order valence-electron chi connectivity index (χ0n) is 32.7. The number of nitrogens with zero attached hydrogens (tertiary/aromatic N) is 2. The van der Waals surface area contributed by atoms with Gasteiger partial charge in [-0.25, -0.2) is 0 Å². The van der Waals surface area contributed by atoms with Gasteiger partial charge in [-0.1, -0.05) is 158 Å². The first kappa shape index (κ1) is 33.1. The van der Waals surface area contributed by atoms with Gasteiger partial charge in [0.05, 0.1) is 22.1 Å². The van der Waals surface area contributed by atoms with Gasteiger partial charge in [0.15, 0.2) is 0 Å². The first-order valence-electron chi connectivity index (χ1n) is 20.8. The molecular weight excluding hydrogens is 725 g/mol. The van der Waals surface area contributed by atoms with Crippen molar-refractivity contribution in [1.82, 2.24) is 9.13 Å². The van der Waals surface area contributed by atoms with E-state index < -0.39 is 0 Å². The van der Waals surface area contributed by atoms with Gasteiger partial charge in [0.1, 0.15) is 0 Å². The Morgan fingerprint density at radius 2 is 0.667 bits per heavy atom. The van der Waals surface area contributed by atoms with Gasteiger partial charge in [0.2, 0.25) is 0 Å². The molecule has 0 aliphatic rings. The second kappa shape index (κ2) is 12.8. The fourth-order valence-electron chi connectivity index (χ4n) is 10.1. The van der Waals surface area contributed by atoms with Crippen molar-refractivity contribution >= 4 is 86.7 Å². The molecule has 60 heavy (non-hydrogen) atoms. The minimum Gasteiger partial charge on any atom is -0.309 e. The number of aromatic nitrogens is 2. The van der Waals surface area contributed by atoms with Gasteiger partial charge in [-0.05, 0) is 126 Å². The van der Waals surface area contributed by atoms with Crippen LogP contribution in [0.4, 0.5) is 0 Å². The Balaban J connectivity index is 0.931. The normalized spacial score (nSPS) is 12.0. The van der Waals surface area contributed by atoms with E-state index in [1.165, 1.54) is 120 Å². The highest BCUT2D eigenvalue weighted by atomic mass is 15.0. The fourth-order valence-corrected chi connectivity index (χ4v) is 10.1. The highest BCUT2D eigenvalue weighted by Gasteiger charge is 2.17. The minimum absolute atomic E-state index is 1.17. The number of hydrogen-bond acceptors (Lipinski definition) is 0. The molecule has 0 aliphatic carbocycles. The highest BCUT2D eigenvalue weighted by Crippen LogP contribution is 2.42. The lowest BCUT2D eigenvalue weighted by atomic mass is 9.91. The third-order valence-electron chi connectivity index (χ3n) is 12.9. The Labute approximate surface area is 346 Å². The lowest BCUT2D eigenvalue weighted by Gasteiger charge is -2.15. The smallest absolute Gasteiger partial charge is 0.0541 e. The first-order valence-corrected chi connectivity index (χ1v) is 20.8. The van der Waals surface area contributed by atoms with E-state index in [0.717, 1.165) is 0 Å². The van der Waals surface area contributed by atoms with Crippen LogP contribution in [0.25, 0.3) is 120 Å². The number of para-hydroxylation sites is 3. The summed E-state index contributed by atoms with van der Waals surface area (Å²) >= 11 is 0. The minimum atomic E-state index is 1.17. The molecule has 2 heteroatoms. The summed E-state index contributed by atoms with van der Waals surface area (Å²) in [5, 5.41) is 15.3. The lowest BCUT2D eigenvalue weighted by Crippen LogP contribution is -1.95. The van der Waals surface area contributed by atoms with Crippen LogP contribution >= 0.6 is 0 Å². The number of fused-ring (bicyclic) bond motifs is 14. The number of benzene rings is 11. The van der Waals surface area contributed by atoms with Crippen LogP contribution in [-0.2, 0) is 0 Å². The lowest BCUT2D eigenvalue weighted by molar-refractivity contribution is 1.18. The van der Waals surface area contributed by atoms with E-state index in [4.69, 9.17) is 0 Å². The van der Waals surface area contributed by atoms with Crippen LogP contribution in [0, 0.1) is 0 Å². The zero-order chi connectivity index (χ0) is 39.3. The van der Waals surface area contributed by atoms with Gasteiger partial charge >= 0.3 is 0 Å². The third kappa shape index (κ3) is 4.82. The zero-order valence-corrected chi connectivity index (χ0v) is 32.7. The van der Waals surface area contributed by atoms with Gasteiger partial charge < -0.3 is 9.13 Å². The Morgan fingerprint density at radius 3 is 1.30 bits per heavy atom. The van der Waals surface area contributed by atoms with Crippen LogP contribution in [0.2, 0.25) is 0 Å². The molecule has 0 fully saturated rings. The maximum Gasteiger partial charge on any atom is 0.0541 e. The maximum absolute atomic E-state index is 2.45. The molecule has 0 spiro atoms. The van der Waals surface area contributed by atoms with Crippen molar-refractivity contribution in [3.63, 3.8) is 0 Å². The average Bonchev–Trinajstić information content (AvgIpc) is 3.84. The summed E-state index contributed by atoms with van der Waals surface area (Å²) in [6, 6.07) is 80.5. The van der Waals surface area contributed by atoms with Crippen LogP contribution in [0.1, 0.15) is 0 Å². The number of rotatable bonds is 4. The van der Waals surface area contributed by atoms with Crippen molar-refractivity contribution in [1.29, 1.82) is 0 Å². The van der Waals surface area contributed by atoms with Gasteiger partial charge in [-0.2, -0.15) is 0 Å². The maximum atomic E-state index is 2.45. The van der Waals surface area contributed by atoms with Gasteiger partial charge in [0, 0.05) is 32.9 Å². The quantitative estimate of drug-likeness (QED) is 0.158. The van der Waals surface area contributed by atoms with Crippen LogP contribution in [0.15, 0.2) is 218 Å². The molecule has 2 heterocycles. The van der Waals surface area contributed by atoms with E-state index in [1.807, 2.05) is 0 Å². The molecule has 0 atom stereocenters. The van der Waals surface area contributed by atoms with Gasteiger partial charge in [-0.3, -0.25) is 0 Å². The summed E-state index contributed by atoms with van der Waals surface area (Å²) in [6.07, 6.45) is 0. The number of hydrogen-bond donors (Lipinski definition) is 0. The van der Waals surface area contributed by atoms with E-state index in [-0.39, 0.29) is 0 Å². The van der Waals surface area contributed by atoms with Crippen molar-refractivity contribution in [3.05, 3.63) is 218 Å². The topological polar surface area (TPSA) is 9.86 Å². The monoisotopic (exact) mass is 760 g/mol. The van der Waals surface area contributed by atoms with Crippen LogP contribution in [0.3, 0.4) is 0 Å². The van der Waals surface area contributed by atoms with E-state index in [0.29, 0.717) is 0 Å². The summed E-state index contributed by atoms with van der Waals surface area (Å²) in [4.78, 5) is 0. The summed E-state index contributed by atoms with van der Waals surface area (Å²) in [7, 11) is 0. The van der Waals surface area contributed by atoms with Gasteiger partial charge in [0.25, 0.3) is 0 Å². The summed E-state index contributed by atoms with van der Waals surface area (Å²) in [6.45, 7) is 0. The molecule has 11 aromatic carbocycles. The van der Waals surface area contributed by atoms with Crippen molar-refractivity contribution in [3.8, 4) is 33.6 Å². The molecule has 278 valence electrons. The molecule has 0 unspecified atom stereocenters. The predicted molar refractivity (Wildman–Crippen MR) is 256 cm³/mol. The summed E-state index contributed by atoms with van der Waals surface area (Å²) in [5.41, 5.74) is 12.0. The molecule has 0 bridgehead atoms. The Kier molecular flexibility index (Phi) is 7.05. The molecule has 2 nitrogen and oxygen atoms in total. The molecule has 13 aromatic rings. The van der Waals surface area contributed by atoms with Crippen molar-refractivity contribution in [2.24, 2.45) is 0 Å². The molecule has 0 saturated heterocycles.